The largest absolute Gasteiger partial charge is 0.353 e. The molecular formula is C19H32Cl2N4O2. The van der Waals surface area contributed by atoms with E-state index >= 15 is 0 Å². The van der Waals surface area contributed by atoms with E-state index in [1.165, 1.54) is 11.1 Å². The summed E-state index contributed by atoms with van der Waals surface area (Å²) >= 11 is 0. The summed E-state index contributed by atoms with van der Waals surface area (Å²) in [6, 6.07) is 7.81. The first-order valence-electron chi connectivity index (χ1n) is 8.79. The quantitative estimate of drug-likeness (QED) is 0.619. The molecule has 27 heavy (non-hydrogen) atoms. The molecule has 1 aromatic carbocycles. The Bertz CT molecular complexity index is 613. The van der Waals surface area contributed by atoms with Gasteiger partial charge in [0.15, 0.2) is 0 Å². The van der Waals surface area contributed by atoms with E-state index in [0.29, 0.717) is 6.54 Å². The van der Waals surface area contributed by atoms with Gasteiger partial charge < -0.3 is 21.3 Å². The zero-order valence-electron chi connectivity index (χ0n) is 16.5. The van der Waals surface area contributed by atoms with Crippen LogP contribution < -0.4 is 16.4 Å². The topological polar surface area (TPSA) is 87.5 Å². The first-order valence-corrected chi connectivity index (χ1v) is 8.79. The average molecular weight is 419 g/mol. The van der Waals surface area contributed by atoms with Gasteiger partial charge in [0.2, 0.25) is 11.8 Å². The third-order valence-corrected chi connectivity index (χ3v) is 5.16. The number of fused-ring (bicyclic) bond motifs is 1. The molecule has 0 fully saturated rings. The maximum absolute atomic E-state index is 12.1. The Kier molecular flexibility index (Phi) is 10.3. The van der Waals surface area contributed by atoms with Crippen LogP contribution in [0.15, 0.2) is 24.3 Å². The first kappa shape index (κ1) is 25.7. The van der Waals surface area contributed by atoms with Crippen LogP contribution in [0.5, 0.6) is 0 Å². The predicted molar refractivity (Wildman–Crippen MR) is 114 cm³/mol. The SMILES string of the molecule is CC(C)[C@H](N)C(=O)NCC(=O)NCC1(N(C)C)Cc2ccccc2C1.Cl.Cl. The smallest absolute Gasteiger partial charge is 0.239 e. The minimum absolute atomic E-state index is 0. The molecule has 8 heteroatoms. The first-order chi connectivity index (χ1) is 11.7. The van der Waals surface area contributed by atoms with Crippen LogP contribution >= 0.6 is 24.8 Å². The highest BCUT2D eigenvalue weighted by atomic mass is 35.5. The zero-order chi connectivity index (χ0) is 18.6. The van der Waals surface area contributed by atoms with E-state index in [1.54, 1.807) is 0 Å². The van der Waals surface area contributed by atoms with Gasteiger partial charge in [-0.3, -0.25) is 9.59 Å². The number of halogens is 2. The monoisotopic (exact) mass is 418 g/mol. The molecule has 0 aliphatic heterocycles. The molecule has 0 spiro atoms. The molecule has 0 saturated carbocycles. The second kappa shape index (κ2) is 10.9. The maximum Gasteiger partial charge on any atom is 0.239 e. The van der Waals surface area contributed by atoms with E-state index in [1.807, 2.05) is 27.9 Å². The minimum Gasteiger partial charge on any atom is -0.353 e. The average Bonchev–Trinajstić information content (AvgIpc) is 2.97. The Morgan fingerprint density at radius 2 is 1.63 bits per heavy atom. The molecule has 0 bridgehead atoms. The van der Waals surface area contributed by atoms with Crippen molar-refractivity contribution in [2.45, 2.75) is 38.3 Å². The van der Waals surface area contributed by atoms with Crippen LogP contribution in [0.3, 0.4) is 0 Å². The van der Waals surface area contributed by atoms with Crippen molar-refractivity contribution in [1.82, 2.24) is 15.5 Å². The Hall–Kier alpha value is -1.34. The third kappa shape index (κ3) is 6.35. The lowest BCUT2D eigenvalue weighted by atomic mass is 9.94. The van der Waals surface area contributed by atoms with Gasteiger partial charge >= 0.3 is 0 Å². The van der Waals surface area contributed by atoms with Crippen molar-refractivity contribution < 1.29 is 9.59 Å². The maximum atomic E-state index is 12.1. The molecule has 1 aliphatic rings. The summed E-state index contributed by atoms with van der Waals surface area (Å²) in [6.45, 7) is 4.25. The molecule has 0 radical (unpaired) electrons. The van der Waals surface area contributed by atoms with E-state index in [4.69, 9.17) is 5.73 Å². The molecule has 154 valence electrons. The van der Waals surface area contributed by atoms with Crippen LogP contribution in [-0.2, 0) is 22.4 Å². The summed E-state index contributed by atoms with van der Waals surface area (Å²) in [5.41, 5.74) is 8.32. The van der Waals surface area contributed by atoms with Crippen molar-refractivity contribution >= 4 is 36.6 Å². The molecule has 4 N–H and O–H groups in total. The summed E-state index contributed by atoms with van der Waals surface area (Å²) in [6.07, 6.45) is 1.81. The van der Waals surface area contributed by atoms with Gasteiger partial charge in [-0.05, 0) is 44.0 Å². The lowest BCUT2D eigenvalue weighted by Crippen LogP contribution is -2.55. The fourth-order valence-electron chi connectivity index (χ4n) is 3.19. The highest BCUT2D eigenvalue weighted by molar-refractivity contribution is 5.87. The number of nitrogens with zero attached hydrogens (tertiary/aromatic N) is 1. The minimum atomic E-state index is -0.592. The molecule has 1 aromatic rings. The molecule has 0 heterocycles. The fourth-order valence-corrected chi connectivity index (χ4v) is 3.19. The van der Waals surface area contributed by atoms with Gasteiger partial charge in [0.05, 0.1) is 12.6 Å². The second-order valence-corrected chi connectivity index (χ2v) is 7.51. The van der Waals surface area contributed by atoms with Gasteiger partial charge in [-0.15, -0.1) is 24.8 Å². The van der Waals surface area contributed by atoms with Crippen molar-refractivity contribution in [3.05, 3.63) is 35.4 Å². The number of carbonyl (C=O) groups is 2. The van der Waals surface area contributed by atoms with Crippen LogP contribution in [0, 0.1) is 5.92 Å². The molecule has 0 unspecified atom stereocenters. The normalized spacial score (nSPS) is 15.4. The third-order valence-electron chi connectivity index (χ3n) is 5.16. The van der Waals surface area contributed by atoms with Crippen LogP contribution in [0.2, 0.25) is 0 Å². The summed E-state index contributed by atoms with van der Waals surface area (Å²) < 4.78 is 0. The van der Waals surface area contributed by atoms with Crippen LogP contribution in [0.1, 0.15) is 25.0 Å². The lowest BCUT2D eigenvalue weighted by molar-refractivity contribution is -0.127. The molecule has 1 atom stereocenters. The number of hydrogen-bond donors (Lipinski definition) is 3. The van der Waals surface area contributed by atoms with Crippen LogP contribution in [-0.4, -0.2) is 55.5 Å². The Morgan fingerprint density at radius 3 is 2.07 bits per heavy atom. The van der Waals surface area contributed by atoms with Crippen molar-refractivity contribution in [2.24, 2.45) is 11.7 Å². The van der Waals surface area contributed by atoms with Crippen molar-refractivity contribution in [3.8, 4) is 0 Å². The van der Waals surface area contributed by atoms with Gasteiger partial charge in [0.25, 0.3) is 0 Å². The van der Waals surface area contributed by atoms with Gasteiger partial charge in [-0.1, -0.05) is 38.1 Å². The van der Waals surface area contributed by atoms with Crippen molar-refractivity contribution in [3.63, 3.8) is 0 Å². The number of nitrogens with one attached hydrogen (secondary N) is 2. The highest BCUT2D eigenvalue weighted by Gasteiger charge is 2.39. The lowest BCUT2D eigenvalue weighted by Gasteiger charge is -2.36. The van der Waals surface area contributed by atoms with Crippen LogP contribution in [0.25, 0.3) is 0 Å². The van der Waals surface area contributed by atoms with Crippen LogP contribution in [0.4, 0.5) is 0 Å². The summed E-state index contributed by atoms with van der Waals surface area (Å²) in [4.78, 5) is 26.2. The van der Waals surface area contributed by atoms with Gasteiger partial charge in [0, 0.05) is 12.1 Å². The predicted octanol–water partition coefficient (Wildman–Crippen LogP) is 1.14. The number of amides is 2. The molecule has 6 nitrogen and oxygen atoms in total. The molecular weight excluding hydrogens is 387 g/mol. The number of carbonyl (C=O) groups excluding carboxylic acids is 2. The Morgan fingerprint density at radius 1 is 1.11 bits per heavy atom. The van der Waals surface area contributed by atoms with E-state index in [-0.39, 0.29) is 54.6 Å². The molecule has 0 aromatic heterocycles. The van der Waals surface area contributed by atoms with Crippen molar-refractivity contribution in [2.75, 3.05) is 27.2 Å². The standard InChI is InChI=1S/C19H30N4O2.2ClH/c1-13(2)17(20)18(25)21-11-16(24)22-12-19(23(3)4)9-14-7-5-6-8-15(14)10-19;;/h5-8,13,17H,9-12,20H2,1-4H3,(H,21,25)(H,22,24);2*1H/t17-;;/m0../s1. The number of likely N-dealkylation sites (N-methyl/N-ethyl adjacent to an activating group) is 1. The van der Waals surface area contributed by atoms with Gasteiger partial charge in [-0.25, -0.2) is 0 Å². The Labute approximate surface area is 174 Å². The second-order valence-electron chi connectivity index (χ2n) is 7.51. The fraction of sp³-hybridized carbons (Fsp3) is 0.579. The van der Waals surface area contributed by atoms with E-state index < -0.39 is 6.04 Å². The Balaban J connectivity index is 0.00000338. The molecule has 0 saturated heterocycles. The molecule has 2 amide bonds. The summed E-state index contributed by atoms with van der Waals surface area (Å²) in [5, 5.41) is 5.58. The summed E-state index contributed by atoms with van der Waals surface area (Å²) in [5.74, 6) is -0.445. The highest BCUT2D eigenvalue weighted by Crippen LogP contribution is 2.32. The van der Waals surface area contributed by atoms with E-state index in [0.717, 1.165) is 12.8 Å². The number of benzene rings is 1. The van der Waals surface area contributed by atoms with E-state index in [9.17, 15) is 9.59 Å². The van der Waals surface area contributed by atoms with Gasteiger partial charge in [0.1, 0.15) is 0 Å². The molecule has 2 rings (SSSR count). The summed E-state index contributed by atoms with van der Waals surface area (Å²) in [7, 11) is 4.09. The van der Waals surface area contributed by atoms with E-state index in [2.05, 4.69) is 39.8 Å². The molecule has 1 aliphatic carbocycles. The number of rotatable bonds is 7. The number of nitrogens with two attached hydrogens (primary N) is 1. The zero-order valence-corrected chi connectivity index (χ0v) is 18.1. The van der Waals surface area contributed by atoms with Gasteiger partial charge in [-0.2, -0.15) is 0 Å². The number of hydrogen-bond acceptors (Lipinski definition) is 4. The van der Waals surface area contributed by atoms with Crippen molar-refractivity contribution in [1.29, 1.82) is 0 Å².